The highest BCUT2D eigenvalue weighted by atomic mass is 16.5. The predicted octanol–water partition coefficient (Wildman–Crippen LogP) is 0.897. The molecule has 0 fully saturated rings. The summed E-state index contributed by atoms with van der Waals surface area (Å²) in [6.07, 6.45) is 1.45. The van der Waals surface area contributed by atoms with Crippen LogP contribution in [0.15, 0.2) is 10.8 Å². The van der Waals surface area contributed by atoms with Gasteiger partial charge in [0, 0.05) is 5.56 Å². The molecule has 1 aromatic heterocycles. The second kappa shape index (κ2) is 2.74. The zero-order chi connectivity index (χ0) is 8.43. The molecule has 0 saturated heterocycles. The molecule has 60 valence electrons. The summed E-state index contributed by atoms with van der Waals surface area (Å²) in [5.74, 6) is -0.328. The van der Waals surface area contributed by atoms with Gasteiger partial charge in [0.25, 0.3) is 5.91 Å². The minimum Gasteiger partial charge on any atom is -0.364 e. The number of primary amides is 1. The van der Waals surface area contributed by atoms with E-state index in [1.807, 2.05) is 13.8 Å². The molecule has 4 nitrogen and oxygen atoms in total. The fourth-order valence-electron chi connectivity index (χ4n) is 0.841. The van der Waals surface area contributed by atoms with Gasteiger partial charge in [-0.25, -0.2) is 0 Å². The molecule has 0 radical (unpaired) electrons. The van der Waals surface area contributed by atoms with Gasteiger partial charge in [0.15, 0.2) is 5.69 Å². The fraction of sp³-hybridized carbons (Fsp3) is 0.429. The lowest BCUT2D eigenvalue weighted by Crippen LogP contribution is -2.13. The number of amides is 1. The molecule has 0 atom stereocenters. The molecule has 11 heavy (non-hydrogen) atoms. The average molecular weight is 154 g/mol. The van der Waals surface area contributed by atoms with Gasteiger partial charge in [0.1, 0.15) is 6.26 Å². The molecule has 0 aliphatic rings. The number of carbonyl (C=O) groups excluding carboxylic acids is 1. The standard InChI is InChI=1S/C7H10N2O2/c1-4(2)5-3-11-9-6(5)7(8)10/h3-4H,1-2H3,(H2,8,10). The van der Waals surface area contributed by atoms with Gasteiger partial charge in [-0.2, -0.15) is 0 Å². The number of nitrogens with zero attached hydrogens (tertiary/aromatic N) is 1. The summed E-state index contributed by atoms with van der Waals surface area (Å²) in [6.45, 7) is 3.89. The highest BCUT2D eigenvalue weighted by molar-refractivity contribution is 5.92. The van der Waals surface area contributed by atoms with Crippen LogP contribution in [0.3, 0.4) is 0 Å². The summed E-state index contributed by atoms with van der Waals surface area (Å²) in [7, 11) is 0. The maximum Gasteiger partial charge on any atom is 0.271 e. The van der Waals surface area contributed by atoms with E-state index in [1.54, 1.807) is 0 Å². The molecule has 4 heteroatoms. The second-order valence-corrected chi connectivity index (χ2v) is 2.64. The van der Waals surface area contributed by atoms with Crippen LogP contribution in [-0.4, -0.2) is 11.1 Å². The fourth-order valence-corrected chi connectivity index (χ4v) is 0.841. The molecule has 2 N–H and O–H groups in total. The average Bonchev–Trinajstić information content (AvgIpc) is 2.32. The van der Waals surface area contributed by atoms with Crippen LogP contribution in [0.5, 0.6) is 0 Å². The molecule has 0 spiro atoms. The summed E-state index contributed by atoms with van der Waals surface area (Å²) in [5.41, 5.74) is 6.03. The van der Waals surface area contributed by atoms with Crippen LogP contribution >= 0.6 is 0 Å². The lowest BCUT2D eigenvalue weighted by Gasteiger charge is -1.99. The van der Waals surface area contributed by atoms with Gasteiger partial charge >= 0.3 is 0 Å². The Bertz CT molecular complexity index is 265. The first-order valence-electron chi connectivity index (χ1n) is 3.37. The van der Waals surface area contributed by atoms with E-state index in [-0.39, 0.29) is 11.6 Å². The van der Waals surface area contributed by atoms with Crippen LogP contribution in [0.25, 0.3) is 0 Å². The molecule has 0 unspecified atom stereocenters. The van der Waals surface area contributed by atoms with Crippen LogP contribution in [0.2, 0.25) is 0 Å². The third kappa shape index (κ3) is 1.39. The van der Waals surface area contributed by atoms with Crippen molar-refractivity contribution in [2.75, 3.05) is 0 Å². The summed E-state index contributed by atoms with van der Waals surface area (Å²) in [4.78, 5) is 10.7. The lowest BCUT2D eigenvalue weighted by atomic mass is 10.0. The Hall–Kier alpha value is -1.32. The molecule has 1 heterocycles. The molecule has 0 aliphatic heterocycles. The second-order valence-electron chi connectivity index (χ2n) is 2.64. The van der Waals surface area contributed by atoms with Gasteiger partial charge in [-0.15, -0.1) is 0 Å². The zero-order valence-corrected chi connectivity index (χ0v) is 6.50. The van der Waals surface area contributed by atoms with E-state index < -0.39 is 5.91 Å². The van der Waals surface area contributed by atoms with Crippen molar-refractivity contribution >= 4 is 5.91 Å². The van der Waals surface area contributed by atoms with E-state index >= 15 is 0 Å². The van der Waals surface area contributed by atoms with Crippen LogP contribution in [-0.2, 0) is 0 Å². The SMILES string of the molecule is CC(C)c1conc1C(N)=O. The van der Waals surface area contributed by atoms with Crippen LogP contribution in [0.4, 0.5) is 0 Å². The van der Waals surface area contributed by atoms with Crippen LogP contribution < -0.4 is 5.73 Å². The van der Waals surface area contributed by atoms with Crippen molar-refractivity contribution in [2.24, 2.45) is 5.73 Å². The largest absolute Gasteiger partial charge is 0.364 e. The lowest BCUT2D eigenvalue weighted by molar-refractivity contribution is 0.0990. The molecule has 0 saturated carbocycles. The van der Waals surface area contributed by atoms with Gasteiger partial charge in [0.05, 0.1) is 0 Å². The van der Waals surface area contributed by atoms with Crippen molar-refractivity contribution in [1.82, 2.24) is 5.16 Å². The van der Waals surface area contributed by atoms with E-state index in [1.165, 1.54) is 6.26 Å². The summed E-state index contributed by atoms with van der Waals surface area (Å²) >= 11 is 0. The van der Waals surface area contributed by atoms with E-state index in [2.05, 4.69) is 9.68 Å². The number of carbonyl (C=O) groups is 1. The van der Waals surface area contributed by atoms with Crippen molar-refractivity contribution in [2.45, 2.75) is 19.8 Å². The Morgan fingerprint density at radius 2 is 2.36 bits per heavy atom. The monoisotopic (exact) mass is 154 g/mol. The van der Waals surface area contributed by atoms with Crippen molar-refractivity contribution in [3.63, 3.8) is 0 Å². The predicted molar refractivity (Wildman–Crippen MR) is 39.1 cm³/mol. The van der Waals surface area contributed by atoms with E-state index in [4.69, 9.17) is 5.73 Å². The van der Waals surface area contributed by atoms with Crippen molar-refractivity contribution in [3.05, 3.63) is 17.5 Å². The Morgan fingerprint density at radius 1 is 1.73 bits per heavy atom. The van der Waals surface area contributed by atoms with Gasteiger partial charge in [0.2, 0.25) is 0 Å². The maximum atomic E-state index is 10.7. The van der Waals surface area contributed by atoms with Gasteiger partial charge < -0.3 is 10.3 Å². The molecular formula is C7H10N2O2. The van der Waals surface area contributed by atoms with Gasteiger partial charge in [-0.05, 0) is 5.92 Å². The third-order valence-electron chi connectivity index (χ3n) is 1.45. The number of hydrogen-bond donors (Lipinski definition) is 1. The Morgan fingerprint density at radius 3 is 2.73 bits per heavy atom. The van der Waals surface area contributed by atoms with E-state index in [0.29, 0.717) is 0 Å². The zero-order valence-electron chi connectivity index (χ0n) is 6.50. The number of nitrogens with two attached hydrogens (primary N) is 1. The summed E-state index contributed by atoms with van der Waals surface area (Å²) in [6, 6.07) is 0. The van der Waals surface area contributed by atoms with Crippen LogP contribution in [0, 0.1) is 0 Å². The first-order chi connectivity index (χ1) is 5.13. The van der Waals surface area contributed by atoms with Crippen molar-refractivity contribution in [1.29, 1.82) is 0 Å². The number of rotatable bonds is 2. The quantitative estimate of drug-likeness (QED) is 0.687. The van der Waals surface area contributed by atoms with Gasteiger partial charge in [-0.3, -0.25) is 4.79 Å². The third-order valence-corrected chi connectivity index (χ3v) is 1.45. The topological polar surface area (TPSA) is 69.1 Å². The van der Waals surface area contributed by atoms with E-state index in [9.17, 15) is 4.79 Å². The minimum absolute atomic E-state index is 0.212. The first kappa shape index (κ1) is 7.78. The van der Waals surface area contributed by atoms with Crippen LogP contribution in [0.1, 0.15) is 35.8 Å². The molecule has 0 aromatic carbocycles. The Kier molecular flexibility index (Phi) is 1.94. The number of aromatic nitrogens is 1. The smallest absolute Gasteiger partial charge is 0.271 e. The molecule has 1 amide bonds. The molecule has 0 aliphatic carbocycles. The Balaban J connectivity index is 3.06. The highest BCUT2D eigenvalue weighted by Gasteiger charge is 2.15. The van der Waals surface area contributed by atoms with Gasteiger partial charge in [-0.1, -0.05) is 19.0 Å². The number of hydrogen-bond acceptors (Lipinski definition) is 3. The molecule has 1 rings (SSSR count). The Labute approximate surface area is 64.4 Å². The van der Waals surface area contributed by atoms with Crippen molar-refractivity contribution < 1.29 is 9.32 Å². The molecule has 0 bridgehead atoms. The maximum absolute atomic E-state index is 10.7. The molecular weight excluding hydrogens is 144 g/mol. The molecule has 1 aromatic rings. The first-order valence-corrected chi connectivity index (χ1v) is 3.37. The normalized spacial score (nSPS) is 10.5. The highest BCUT2D eigenvalue weighted by Crippen LogP contribution is 2.17. The minimum atomic E-state index is -0.539. The summed E-state index contributed by atoms with van der Waals surface area (Å²) < 4.78 is 4.62. The summed E-state index contributed by atoms with van der Waals surface area (Å²) in [5, 5.41) is 3.49. The van der Waals surface area contributed by atoms with E-state index in [0.717, 1.165) is 5.56 Å². The van der Waals surface area contributed by atoms with Crippen molar-refractivity contribution in [3.8, 4) is 0 Å².